The maximum absolute atomic E-state index is 6.30. The van der Waals surface area contributed by atoms with Crippen molar-refractivity contribution in [2.45, 2.75) is 133 Å². The molecule has 1 heteroatoms. The molecule has 2 unspecified atom stereocenters. The molecule has 0 aliphatic heterocycles. The molecule has 0 amide bonds. The molecule has 2 fully saturated rings. The Morgan fingerprint density at radius 2 is 1.70 bits per heavy atom. The monoisotopic (exact) mass is 454 g/mol. The maximum Gasteiger partial charge on any atom is 0.0629 e. The highest BCUT2D eigenvalue weighted by molar-refractivity contribution is 5.38. The molecular weight excluding hydrogens is 400 g/mol. The standard InChI is InChI=1S/C32H54O/c1-10-33-28-18-19-30(7)25-17-21-31(8)24(23(4)13-11-12-22(2)3)16-20-32(31,9)26(25)14-15-27(30)29(28,5)6/h12,23-24,27-28H,10-11,13-21H2,1-9H3/t23-,24-,27?,28?,30-,31+,32+/m1/s1. The van der Waals surface area contributed by atoms with Gasteiger partial charge in [-0.25, -0.2) is 0 Å². The van der Waals surface area contributed by atoms with E-state index in [4.69, 9.17) is 4.74 Å². The lowest BCUT2D eigenvalue weighted by atomic mass is 9.43. The minimum absolute atomic E-state index is 0.279. The van der Waals surface area contributed by atoms with E-state index in [9.17, 15) is 0 Å². The van der Waals surface area contributed by atoms with E-state index >= 15 is 0 Å². The Hall–Kier alpha value is -0.560. The van der Waals surface area contributed by atoms with Crippen molar-refractivity contribution in [3.63, 3.8) is 0 Å². The first-order valence-corrected chi connectivity index (χ1v) is 14.4. The van der Waals surface area contributed by atoms with Crippen molar-refractivity contribution >= 4 is 0 Å². The molecule has 2 saturated carbocycles. The Morgan fingerprint density at radius 3 is 2.36 bits per heavy atom. The normalized spacial score (nSPS) is 42.9. The maximum atomic E-state index is 6.30. The van der Waals surface area contributed by atoms with Gasteiger partial charge in [0.05, 0.1) is 6.10 Å². The van der Waals surface area contributed by atoms with Gasteiger partial charge in [0.2, 0.25) is 0 Å². The second kappa shape index (κ2) is 8.83. The minimum Gasteiger partial charge on any atom is -0.378 e. The van der Waals surface area contributed by atoms with Crippen LogP contribution < -0.4 is 0 Å². The summed E-state index contributed by atoms with van der Waals surface area (Å²) in [6.07, 6.45) is 16.4. The molecule has 0 aromatic heterocycles. The fourth-order valence-electron chi connectivity index (χ4n) is 9.95. The zero-order valence-corrected chi connectivity index (χ0v) is 23.6. The van der Waals surface area contributed by atoms with Crippen molar-refractivity contribution in [1.82, 2.24) is 0 Å². The van der Waals surface area contributed by atoms with E-state index in [1.807, 2.05) is 11.1 Å². The van der Waals surface area contributed by atoms with Crippen molar-refractivity contribution in [3.05, 3.63) is 22.8 Å². The van der Waals surface area contributed by atoms with E-state index in [2.05, 4.69) is 68.4 Å². The molecule has 188 valence electrons. The van der Waals surface area contributed by atoms with Crippen LogP contribution in [0.5, 0.6) is 0 Å². The highest BCUT2D eigenvalue weighted by Crippen LogP contribution is 2.72. The summed E-state index contributed by atoms with van der Waals surface area (Å²) in [5.41, 5.74) is 6.90. The Balaban J connectivity index is 1.63. The van der Waals surface area contributed by atoms with Gasteiger partial charge in [-0.3, -0.25) is 0 Å². The number of fused-ring (bicyclic) bond motifs is 4. The van der Waals surface area contributed by atoms with Gasteiger partial charge in [-0.15, -0.1) is 0 Å². The zero-order valence-electron chi connectivity index (χ0n) is 23.6. The van der Waals surface area contributed by atoms with E-state index in [0.29, 0.717) is 22.3 Å². The summed E-state index contributed by atoms with van der Waals surface area (Å²) in [5, 5.41) is 0. The summed E-state index contributed by atoms with van der Waals surface area (Å²) in [6.45, 7) is 23.2. The molecule has 4 aliphatic rings. The molecule has 0 aromatic rings. The molecule has 0 bridgehead atoms. The molecular formula is C32H54O. The van der Waals surface area contributed by atoms with Crippen molar-refractivity contribution in [3.8, 4) is 0 Å². The average Bonchev–Trinajstić information content (AvgIpc) is 3.01. The predicted molar refractivity (Wildman–Crippen MR) is 142 cm³/mol. The number of hydrogen-bond acceptors (Lipinski definition) is 1. The third-order valence-electron chi connectivity index (χ3n) is 12.0. The van der Waals surface area contributed by atoms with Crippen LogP contribution in [-0.4, -0.2) is 12.7 Å². The Bertz CT molecular complexity index is 797. The molecule has 0 N–H and O–H groups in total. The van der Waals surface area contributed by atoms with Gasteiger partial charge in [0.1, 0.15) is 0 Å². The van der Waals surface area contributed by atoms with Crippen LogP contribution in [0.1, 0.15) is 127 Å². The summed E-state index contributed by atoms with van der Waals surface area (Å²) in [5.74, 6) is 2.49. The summed E-state index contributed by atoms with van der Waals surface area (Å²) >= 11 is 0. The summed E-state index contributed by atoms with van der Waals surface area (Å²) < 4.78 is 6.30. The molecule has 7 atom stereocenters. The molecule has 4 aliphatic carbocycles. The zero-order chi connectivity index (χ0) is 24.2. The van der Waals surface area contributed by atoms with Crippen molar-refractivity contribution < 1.29 is 4.74 Å². The van der Waals surface area contributed by atoms with E-state index in [1.165, 1.54) is 69.8 Å². The van der Waals surface area contributed by atoms with E-state index in [0.717, 1.165) is 24.4 Å². The van der Waals surface area contributed by atoms with Crippen LogP contribution in [0.15, 0.2) is 22.8 Å². The lowest BCUT2D eigenvalue weighted by molar-refractivity contribution is -0.123. The highest BCUT2D eigenvalue weighted by Gasteiger charge is 2.63. The lowest BCUT2D eigenvalue weighted by Gasteiger charge is -2.62. The molecule has 1 nitrogen and oxygen atoms in total. The number of ether oxygens (including phenoxy) is 1. The third-order valence-corrected chi connectivity index (χ3v) is 12.0. The van der Waals surface area contributed by atoms with Gasteiger partial charge in [-0.1, -0.05) is 64.3 Å². The summed E-state index contributed by atoms with van der Waals surface area (Å²) in [4.78, 5) is 0. The first-order valence-electron chi connectivity index (χ1n) is 14.4. The smallest absolute Gasteiger partial charge is 0.0629 e. The Kier molecular flexibility index (Phi) is 6.83. The molecule has 0 spiro atoms. The van der Waals surface area contributed by atoms with Crippen LogP contribution in [0.25, 0.3) is 0 Å². The minimum atomic E-state index is 0.279. The first kappa shape index (κ1) is 25.5. The third kappa shape index (κ3) is 3.82. The van der Waals surface area contributed by atoms with Crippen LogP contribution in [0.2, 0.25) is 0 Å². The van der Waals surface area contributed by atoms with Gasteiger partial charge in [-0.05, 0) is 124 Å². The highest BCUT2D eigenvalue weighted by atomic mass is 16.5. The average molecular weight is 455 g/mol. The van der Waals surface area contributed by atoms with Crippen LogP contribution >= 0.6 is 0 Å². The largest absolute Gasteiger partial charge is 0.378 e. The fourth-order valence-corrected chi connectivity index (χ4v) is 9.95. The Labute approximate surface area is 206 Å². The van der Waals surface area contributed by atoms with Crippen LogP contribution in [0.4, 0.5) is 0 Å². The summed E-state index contributed by atoms with van der Waals surface area (Å²) in [7, 11) is 0. The van der Waals surface area contributed by atoms with Gasteiger partial charge in [0, 0.05) is 6.61 Å². The van der Waals surface area contributed by atoms with Crippen LogP contribution in [0, 0.1) is 39.4 Å². The lowest BCUT2D eigenvalue weighted by Crippen LogP contribution is -2.55. The van der Waals surface area contributed by atoms with Crippen molar-refractivity contribution in [2.75, 3.05) is 6.61 Å². The fraction of sp³-hybridized carbons (Fsp3) is 0.875. The topological polar surface area (TPSA) is 9.23 Å². The van der Waals surface area contributed by atoms with E-state index < -0.39 is 0 Å². The van der Waals surface area contributed by atoms with E-state index in [1.54, 1.807) is 0 Å². The molecule has 33 heavy (non-hydrogen) atoms. The van der Waals surface area contributed by atoms with Gasteiger partial charge >= 0.3 is 0 Å². The van der Waals surface area contributed by atoms with E-state index in [-0.39, 0.29) is 5.41 Å². The number of rotatable bonds is 6. The predicted octanol–water partition coefficient (Wildman–Crippen LogP) is 9.52. The van der Waals surface area contributed by atoms with Gasteiger partial charge in [-0.2, -0.15) is 0 Å². The molecule has 0 radical (unpaired) electrons. The van der Waals surface area contributed by atoms with Crippen molar-refractivity contribution in [2.24, 2.45) is 39.4 Å². The second-order valence-electron chi connectivity index (χ2n) is 14.0. The van der Waals surface area contributed by atoms with Crippen LogP contribution in [0.3, 0.4) is 0 Å². The number of hydrogen-bond donors (Lipinski definition) is 0. The number of allylic oxidation sites excluding steroid dienone is 4. The van der Waals surface area contributed by atoms with Crippen molar-refractivity contribution in [1.29, 1.82) is 0 Å². The molecule has 4 rings (SSSR count). The first-order chi connectivity index (χ1) is 15.4. The quantitative estimate of drug-likeness (QED) is 0.363. The molecule has 0 heterocycles. The SMILES string of the molecule is CCOC1CC[C@]2(C)C3=C(CCC2C1(C)C)[C@]1(C)CC[C@H]([C@H](C)CCC=C(C)C)[C@]1(C)CC3. The van der Waals surface area contributed by atoms with Gasteiger partial charge in [0.15, 0.2) is 0 Å². The summed E-state index contributed by atoms with van der Waals surface area (Å²) in [6, 6.07) is 0. The van der Waals surface area contributed by atoms with Crippen LogP contribution in [-0.2, 0) is 4.74 Å². The Morgan fingerprint density at radius 1 is 0.970 bits per heavy atom. The van der Waals surface area contributed by atoms with Gasteiger partial charge in [0.25, 0.3) is 0 Å². The molecule has 0 aromatic carbocycles. The van der Waals surface area contributed by atoms with Gasteiger partial charge < -0.3 is 4.74 Å². The second-order valence-corrected chi connectivity index (χ2v) is 14.0. The molecule has 0 saturated heterocycles.